The van der Waals surface area contributed by atoms with E-state index in [1.807, 2.05) is 13.8 Å². The van der Waals surface area contributed by atoms with Crippen LogP contribution in [0, 0.1) is 20.8 Å². The van der Waals surface area contributed by atoms with Crippen molar-refractivity contribution in [2.24, 2.45) is 0 Å². The third-order valence-electron chi connectivity index (χ3n) is 4.62. The first-order valence-electron chi connectivity index (χ1n) is 9.33. The van der Waals surface area contributed by atoms with Gasteiger partial charge in [-0.1, -0.05) is 17.7 Å². The molecule has 1 aromatic rings. The normalized spacial score (nSPS) is 12.5. The number of nitrogens with one attached hydrogen (secondary N) is 1. The molecular weight excluding hydrogens is 445 g/mol. The summed E-state index contributed by atoms with van der Waals surface area (Å²) in [5, 5.41) is 0. The standard InChI is InChI=1S/C20H24FN3O3S3/c1-12-6-8-15(9-7-12)30(26,27)23-17-16-18(28-11-10-20(4,5)21)29-14(3)13(2)24(16)19(25)22-17/h6-9H,10-11H2,1-5H3,(H,22,23,25). The molecule has 0 bridgehead atoms. The molecule has 1 N–H and O–H groups in total. The van der Waals surface area contributed by atoms with Crippen LogP contribution >= 0.6 is 23.1 Å². The number of alkyl halides is 1. The minimum atomic E-state index is -3.92. The summed E-state index contributed by atoms with van der Waals surface area (Å²) in [6, 6.07) is 6.42. The van der Waals surface area contributed by atoms with Crippen LogP contribution in [0.2, 0.25) is 0 Å². The van der Waals surface area contributed by atoms with Gasteiger partial charge in [0.2, 0.25) is 0 Å². The Morgan fingerprint density at radius 1 is 1.20 bits per heavy atom. The van der Waals surface area contributed by atoms with Gasteiger partial charge in [-0.15, -0.1) is 23.1 Å². The Morgan fingerprint density at radius 2 is 1.83 bits per heavy atom. The van der Waals surface area contributed by atoms with Gasteiger partial charge in [-0.25, -0.2) is 17.6 Å². The van der Waals surface area contributed by atoms with Gasteiger partial charge in [0, 0.05) is 16.3 Å². The number of anilines is 1. The molecule has 0 fully saturated rings. The Labute approximate surface area is 183 Å². The molecule has 0 spiro atoms. The smallest absolute Gasteiger partial charge is 0.261 e. The van der Waals surface area contributed by atoms with Crippen LogP contribution < -0.4 is 10.4 Å². The monoisotopic (exact) mass is 469 g/mol. The number of hydrogen-bond donors (Lipinski definition) is 1. The molecule has 30 heavy (non-hydrogen) atoms. The summed E-state index contributed by atoms with van der Waals surface area (Å²) < 4.78 is 44.2. The molecule has 0 radical (unpaired) electrons. The Hall–Kier alpha value is -1.91. The minimum absolute atomic E-state index is 0.0121. The second-order valence-electron chi connectivity index (χ2n) is 7.69. The van der Waals surface area contributed by atoms with Gasteiger partial charge in [0.15, 0.2) is 5.82 Å². The molecule has 3 rings (SSSR count). The highest BCUT2D eigenvalue weighted by atomic mass is 32.2. The minimum Gasteiger partial charge on any atom is -0.261 e. The number of hydrogen-bond acceptors (Lipinski definition) is 6. The highest BCUT2D eigenvalue weighted by molar-refractivity contribution is 8.01. The molecule has 0 saturated heterocycles. The Kier molecular flexibility index (Phi) is 6.31. The van der Waals surface area contributed by atoms with Crippen LogP contribution in [0.15, 0.2) is 38.2 Å². The van der Waals surface area contributed by atoms with Crippen LogP contribution in [0.1, 0.15) is 36.4 Å². The molecule has 10 heteroatoms. The lowest BCUT2D eigenvalue weighted by atomic mass is 10.1. The zero-order valence-electron chi connectivity index (χ0n) is 17.4. The molecule has 6 nitrogen and oxygen atoms in total. The van der Waals surface area contributed by atoms with Crippen molar-refractivity contribution in [3.05, 3.63) is 50.9 Å². The van der Waals surface area contributed by atoms with Crippen molar-refractivity contribution in [2.75, 3.05) is 10.5 Å². The van der Waals surface area contributed by atoms with Gasteiger partial charge < -0.3 is 0 Å². The number of fused-ring (bicyclic) bond motifs is 1. The largest absolute Gasteiger partial charge is 0.354 e. The number of benzene rings is 1. The molecule has 162 valence electrons. The lowest BCUT2D eigenvalue weighted by molar-refractivity contribution is 0.212. The second kappa shape index (κ2) is 8.32. The second-order valence-corrected chi connectivity index (χ2v) is 12.0. The molecule has 2 aliphatic heterocycles. The van der Waals surface area contributed by atoms with Crippen molar-refractivity contribution >= 4 is 38.9 Å². The van der Waals surface area contributed by atoms with E-state index >= 15 is 0 Å². The number of nitrogens with zero attached hydrogens (tertiary/aromatic N) is 2. The summed E-state index contributed by atoms with van der Waals surface area (Å²) >= 11 is 2.84. The van der Waals surface area contributed by atoms with Crippen molar-refractivity contribution in [1.82, 2.24) is 9.55 Å². The molecule has 1 aromatic carbocycles. The number of halogens is 1. The van der Waals surface area contributed by atoms with Crippen molar-refractivity contribution in [1.29, 1.82) is 0 Å². The Morgan fingerprint density at radius 3 is 2.43 bits per heavy atom. The van der Waals surface area contributed by atoms with Gasteiger partial charge in [0.05, 0.1) is 9.10 Å². The number of aromatic nitrogens is 2. The maximum Gasteiger partial charge on any atom is 0.354 e. The summed E-state index contributed by atoms with van der Waals surface area (Å²) in [4.78, 5) is 17.5. The summed E-state index contributed by atoms with van der Waals surface area (Å²) in [7, 11) is -3.92. The topological polar surface area (TPSA) is 81.1 Å². The Bertz CT molecular complexity index is 1190. The van der Waals surface area contributed by atoms with Gasteiger partial charge in [-0.05, 0) is 53.2 Å². The number of thioether (sulfide) groups is 1. The van der Waals surface area contributed by atoms with Crippen molar-refractivity contribution in [2.45, 2.75) is 55.8 Å². The predicted octanol–water partition coefficient (Wildman–Crippen LogP) is 4.69. The zero-order valence-corrected chi connectivity index (χ0v) is 19.9. The van der Waals surface area contributed by atoms with E-state index in [-0.39, 0.29) is 10.7 Å². The highest BCUT2D eigenvalue weighted by Gasteiger charge is 2.27. The number of imidazole rings is 1. The van der Waals surface area contributed by atoms with E-state index in [0.717, 1.165) is 14.6 Å². The fourth-order valence-electron chi connectivity index (χ4n) is 2.78. The van der Waals surface area contributed by atoms with Gasteiger partial charge in [-0.2, -0.15) is 4.98 Å². The summed E-state index contributed by atoms with van der Waals surface area (Å²) in [6.07, 6.45) is 0.326. The van der Waals surface area contributed by atoms with E-state index < -0.39 is 21.4 Å². The number of sulfonamides is 1. The van der Waals surface area contributed by atoms with Gasteiger partial charge in [0.1, 0.15) is 11.4 Å². The molecule has 2 heterocycles. The van der Waals surface area contributed by atoms with Gasteiger partial charge >= 0.3 is 5.69 Å². The number of aryl methyl sites for hydroxylation is 2. The third-order valence-corrected chi connectivity index (χ3v) is 8.43. The maximum atomic E-state index is 13.9. The Balaban J connectivity index is 2.05. The third kappa shape index (κ3) is 4.87. The van der Waals surface area contributed by atoms with Crippen molar-refractivity contribution in [3.63, 3.8) is 0 Å². The molecule has 0 amide bonds. The van der Waals surface area contributed by atoms with Crippen LogP contribution in [-0.2, 0) is 10.0 Å². The van der Waals surface area contributed by atoms with E-state index in [4.69, 9.17) is 0 Å². The molecule has 2 aliphatic rings. The van der Waals surface area contributed by atoms with E-state index in [1.165, 1.54) is 53.6 Å². The lowest BCUT2D eigenvalue weighted by Gasteiger charge is -2.17. The van der Waals surface area contributed by atoms with Crippen molar-refractivity contribution in [3.8, 4) is 5.69 Å². The molecule has 0 unspecified atom stereocenters. The van der Waals surface area contributed by atoms with Crippen LogP contribution in [0.3, 0.4) is 0 Å². The zero-order chi connectivity index (χ0) is 22.3. The van der Waals surface area contributed by atoms with Crippen LogP contribution in [0.4, 0.5) is 10.2 Å². The van der Waals surface area contributed by atoms with Gasteiger partial charge in [0.25, 0.3) is 10.0 Å². The van der Waals surface area contributed by atoms with E-state index in [9.17, 15) is 17.6 Å². The summed E-state index contributed by atoms with van der Waals surface area (Å²) in [6.45, 7) is 8.58. The lowest BCUT2D eigenvalue weighted by Crippen LogP contribution is -2.17. The quantitative estimate of drug-likeness (QED) is 0.508. The first-order chi connectivity index (χ1) is 13.9. The summed E-state index contributed by atoms with van der Waals surface area (Å²) in [5.41, 5.74) is 0.181. The van der Waals surface area contributed by atoms with E-state index in [2.05, 4.69) is 9.71 Å². The highest BCUT2D eigenvalue weighted by Crippen LogP contribution is 2.39. The van der Waals surface area contributed by atoms with E-state index in [1.54, 1.807) is 19.1 Å². The molecule has 0 atom stereocenters. The predicted molar refractivity (Wildman–Crippen MR) is 121 cm³/mol. The average molecular weight is 470 g/mol. The fourth-order valence-corrected chi connectivity index (χ4v) is 6.55. The van der Waals surface area contributed by atoms with Crippen LogP contribution in [0.25, 0.3) is 5.69 Å². The molecule has 0 aromatic heterocycles. The average Bonchev–Trinajstić information content (AvgIpc) is 2.94. The first kappa shape index (κ1) is 22.8. The van der Waals surface area contributed by atoms with Crippen LogP contribution in [-0.4, -0.2) is 29.4 Å². The number of rotatable bonds is 7. The maximum absolute atomic E-state index is 13.9. The van der Waals surface area contributed by atoms with E-state index in [0.29, 0.717) is 23.6 Å². The fraction of sp³-hybridized carbons (Fsp3) is 0.400. The van der Waals surface area contributed by atoms with Crippen molar-refractivity contribution < 1.29 is 12.8 Å². The van der Waals surface area contributed by atoms with Crippen LogP contribution in [0.5, 0.6) is 0 Å². The van der Waals surface area contributed by atoms with Gasteiger partial charge in [-0.3, -0.25) is 9.29 Å². The summed E-state index contributed by atoms with van der Waals surface area (Å²) in [5.74, 6) is 0.476. The molecular formula is C20H24FN3O3S3. The SMILES string of the molecule is Cc1ccc(S(=O)(=O)Nc2nc(=O)n3c(C)c(C)sc(SCCC(C)(C)F)c2-3)cc1. The molecule has 0 aliphatic carbocycles. The molecule has 0 saturated carbocycles. The first-order valence-corrected chi connectivity index (χ1v) is 12.6.